The Labute approximate surface area is 194 Å². The molecule has 0 aliphatic carbocycles. The van der Waals surface area contributed by atoms with Gasteiger partial charge in [0.25, 0.3) is 11.6 Å². The Balaban J connectivity index is 1.27. The first-order valence-corrected chi connectivity index (χ1v) is 11.7. The number of nitrogens with zero attached hydrogens (tertiary/aromatic N) is 3. The number of likely N-dealkylation sites (tertiary alicyclic amines) is 1. The first kappa shape index (κ1) is 23.0. The largest absolute Gasteiger partial charge is 0.497 e. The standard InChI is InChI=1S/C25H32N4O4/c1-33-22-7-4-20(5-8-22)18-27-14-10-19(11-15-27)17-26-25(30)21-6-9-23(24(16-21)29(31)32)28-12-2-3-13-28/h4-9,16,19H,2-3,10-15,17-18H2,1H3,(H,26,30). The van der Waals surface area contributed by atoms with E-state index in [2.05, 4.69) is 22.3 Å². The smallest absolute Gasteiger partial charge is 0.293 e. The van der Waals surface area contributed by atoms with Gasteiger partial charge < -0.3 is 15.0 Å². The second-order valence-corrected chi connectivity index (χ2v) is 8.93. The zero-order valence-electron chi connectivity index (χ0n) is 19.2. The summed E-state index contributed by atoms with van der Waals surface area (Å²) in [7, 11) is 1.67. The lowest BCUT2D eigenvalue weighted by molar-refractivity contribution is -0.384. The number of amides is 1. The van der Waals surface area contributed by atoms with Crippen molar-refractivity contribution in [2.24, 2.45) is 5.92 Å². The van der Waals surface area contributed by atoms with E-state index in [1.165, 1.54) is 11.6 Å². The zero-order chi connectivity index (χ0) is 23.2. The predicted octanol–water partition coefficient (Wildman–Crippen LogP) is 3.85. The first-order valence-electron chi connectivity index (χ1n) is 11.7. The minimum Gasteiger partial charge on any atom is -0.497 e. The maximum absolute atomic E-state index is 12.7. The van der Waals surface area contributed by atoms with Crippen LogP contribution in [0.5, 0.6) is 5.75 Å². The number of carbonyl (C=O) groups is 1. The van der Waals surface area contributed by atoms with Gasteiger partial charge in [0.1, 0.15) is 11.4 Å². The molecule has 176 valence electrons. The Morgan fingerprint density at radius 3 is 2.42 bits per heavy atom. The van der Waals surface area contributed by atoms with Crippen molar-refractivity contribution in [1.29, 1.82) is 0 Å². The van der Waals surface area contributed by atoms with Gasteiger partial charge in [0.05, 0.1) is 12.0 Å². The first-order chi connectivity index (χ1) is 16.0. The van der Waals surface area contributed by atoms with Crippen molar-refractivity contribution in [2.45, 2.75) is 32.2 Å². The Hall–Kier alpha value is -3.13. The number of piperidine rings is 1. The molecule has 0 atom stereocenters. The molecule has 4 rings (SSSR count). The second-order valence-electron chi connectivity index (χ2n) is 8.93. The molecular formula is C25H32N4O4. The molecule has 2 aromatic carbocycles. The fraction of sp³-hybridized carbons (Fsp3) is 0.480. The number of nitro benzene ring substituents is 1. The molecule has 33 heavy (non-hydrogen) atoms. The van der Waals surface area contributed by atoms with Gasteiger partial charge >= 0.3 is 0 Å². The van der Waals surface area contributed by atoms with Crippen molar-refractivity contribution < 1.29 is 14.5 Å². The summed E-state index contributed by atoms with van der Waals surface area (Å²) in [5.41, 5.74) is 2.23. The van der Waals surface area contributed by atoms with E-state index in [9.17, 15) is 14.9 Å². The van der Waals surface area contributed by atoms with E-state index in [1.807, 2.05) is 17.0 Å². The molecule has 2 fully saturated rings. The minimum absolute atomic E-state index is 0.0105. The van der Waals surface area contributed by atoms with Crippen LogP contribution < -0.4 is 15.0 Å². The number of hydrogen-bond acceptors (Lipinski definition) is 6. The molecule has 2 saturated heterocycles. The van der Waals surface area contributed by atoms with Gasteiger partial charge in [-0.1, -0.05) is 12.1 Å². The second kappa shape index (κ2) is 10.7. The Bertz CT molecular complexity index is 965. The summed E-state index contributed by atoms with van der Waals surface area (Å²) in [6, 6.07) is 13.0. The summed E-state index contributed by atoms with van der Waals surface area (Å²) in [4.78, 5) is 28.3. The van der Waals surface area contributed by atoms with Crippen LogP contribution in [-0.4, -0.2) is 55.6 Å². The Kier molecular flexibility index (Phi) is 7.44. The zero-order valence-corrected chi connectivity index (χ0v) is 19.2. The summed E-state index contributed by atoms with van der Waals surface area (Å²) < 4.78 is 5.22. The normalized spacial score (nSPS) is 17.2. The van der Waals surface area contributed by atoms with Crippen molar-refractivity contribution in [1.82, 2.24) is 10.2 Å². The van der Waals surface area contributed by atoms with E-state index in [-0.39, 0.29) is 16.5 Å². The maximum Gasteiger partial charge on any atom is 0.293 e. The monoisotopic (exact) mass is 452 g/mol. The lowest BCUT2D eigenvalue weighted by Gasteiger charge is -2.32. The van der Waals surface area contributed by atoms with E-state index >= 15 is 0 Å². The summed E-state index contributed by atoms with van der Waals surface area (Å²) in [6.07, 6.45) is 4.12. The van der Waals surface area contributed by atoms with E-state index in [0.717, 1.165) is 64.2 Å². The van der Waals surface area contributed by atoms with Crippen LogP contribution in [0.1, 0.15) is 41.6 Å². The van der Waals surface area contributed by atoms with Crippen LogP contribution in [0.15, 0.2) is 42.5 Å². The molecule has 1 N–H and O–H groups in total. The molecule has 8 nitrogen and oxygen atoms in total. The number of ether oxygens (including phenoxy) is 1. The molecule has 2 heterocycles. The molecule has 0 saturated carbocycles. The minimum atomic E-state index is -0.386. The van der Waals surface area contributed by atoms with Crippen LogP contribution in [0.25, 0.3) is 0 Å². The van der Waals surface area contributed by atoms with Crippen LogP contribution in [-0.2, 0) is 6.54 Å². The molecule has 2 aliphatic heterocycles. The van der Waals surface area contributed by atoms with Gasteiger partial charge in [-0.2, -0.15) is 0 Å². The number of hydrogen-bond donors (Lipinski definition) is 1. The molecule has 0 bridgehead atoms. The van der Waals surface area contributed by atoms with Crippen LogP contribution >= 0.6 is 0 Å². The van der Waals surface area contributed by atoms with Gasteiger partial charge in [-0.25, -0.2) is 0 Å². The number of benzene rings is 2. The van der Waals surface area contributed by atoms with Gasteiger partial charge in [0, 0.05) is 37.8 Å². The van der Waals surface area contributed by atoms with E-state index in [1.54, 1.807) is 19.2 Å². The van der Waals surface area contributed by atoms with Gasteiger partial charge in [-0.05, 0) is 74.5 Å². The van der Waals surface area contributed by atoms with Gasteiger partial charge in [-0.3, -0.25) is 19.8 Å². The number of nitrogens with one attached hydrogen (secondary N) is 1. The SMILES string of the molecule is COc1ccc(CN2CCC(CNC(=O)c3ccc(N4CCCC4)c([N+](=O)[O-])c3)CC2)cc1. The highest BCUT2D eigenvalue weighted by Crippen LogP contribution is 2.31. The van der Waals surface area contributed by atoms with Crippen LogP contribution in [0, 0.1) is 16.0 Å². The molecule has 2 aliphatic rings. The highest BCUT2D eigenvalue weighted by Gasteiger charge is 2.25. The van der Waals surface area contributed by atoms with E-state index < -0.39 is 0 Å². The quantitative estimate of drug-likeness (QED) is 0.484. The fourth-order valence-electron chi connectivity index (χ4n) is 4.71. The number of anilines is 1. The summed E-state index contributed by atoms with van der Waals surface area (Å²) >= 11 is 0. The number of nitro groups is 1. The van der Waals surface area contributed by atoms with Crippen molar-refractivity contribution in [3.05, 3.63) is 63.7 Å². The molecule has 0 spiro atoms. The third kappa shape index (κ3) is 5.82. The number of methoxy groups -OCH3 is 1. The predicted molar refractivity (Wildman–Crippen MR) is 128 cm³/mol. The molecular weight excluding hydrogens is 420 g/mol. The third-order valence-corrected chi connectivity index (χ3v) is 6.70. The average Bonchev–Trinajstić information content (AvgIpc) is 3.38. The van der Waals surface area contributed by atoms with Gasteiger partial charge in [0.15, 0.2) is 0 Å². The lowest BCUT2D eigenvalue weighted by atomic mass is 9.96. The summed E-state index contributed by atoms with van der Waals surface area (Å²) in [5, 5.41) is 14.6. The van der Waals surface area contributed by atoms with Crippen LogP contribution in [0.4, 0.5) is 11.4 Å². The number of rotatable bonds is 8. The average molecular weight is 453 g/mol. The summed E-state index contributed by atoms with van der Waals surface area (Å²) in [6.45, 7) is 5.13. The molecule has 1 amide bonds. The van der Waals surface area contributed by atoms with E-state index in [4.69, 9.17) is 4.74 Å². The van der Waals surface area contributed by atoms with Crippen molar-refractivity contribution in [3.8, 4) is 5.75 Å². The van der Waals surface area contributed by atoms with Crippen molar-refractivity contribution in [2.75, 3.05) is 44.7 Å². The highest BCUT2D eigenvalue weighted by atomic mass is 16.6. The summed E-state index contributed by atoms with van der Waals surface area (Å²) in [5.74, 6) is 1.04. The van der Waals surface area contributed by atoms with Crippen molar-refractivity contribution in [3.63, 3.8) is 0 Å². The number of carbonyl (C=O) groups excluding carboxylic acids is 1. The Morgan fingerprint density at radius 1 is 1.09 bits per heavy atom. The molecule has 2 aromatic rings. The van der Waals surface area contributed by atoms with Crippen molar-refractivity contribution >= 4 is 17.3 Å². The molecule has 0 aromatic heterocycles. The maximum atomic E-state index is 12.7. The molecule has 8 heteroatoms. The Morgan fingerprint density at radius 2 is 1.79 bits per heavy atom. The fourth-order valence-corrected chi connectivity index (χ4v) is 4.71. The van der Waals surface area contributed by atoms with Crippen LogP contribution in [0.3, 0.4) is 0 Å². The lowest BCUT2D eigenvalue weighted by Crippen LogP contribution is -2.38. The topological polar surface area (TPSA) is 88.0 Å². The highest BCUT2D eigenvalue weighted by molar-refractivity contribution is 5.95. The molecule has 0 unspecified atom stereocenters. The van der Waals surface area contributed by atoms with Gasteiger partial charge in [-0.15, -0.1) is 0 Å². The van der Waals surface area contributed by atoms with Crippen LogP contribution in [0.2, 0.25) is 0 Å². The van der Waals surface area contributed by atoms with E-state index in [0.29, 0.717) is 23.7 Å². The third-order valence-electron chi connectivity index (χ3n) is 6.70. The van der Waals surface area contributed by atoms with Gasteiger partial charge in [0.2, 0.25) is 0 Å². The molecule has 0 radical (unpaired) electrons.